The van der Waals surface area contributed by atoms with E-state index in [2.05, 4.69) is 45.6 Å². The number of nitrogens with one attached hydrogen (secondary N) is 1. The van der Waals surface area contributed by atoms with Gasteiger partial charge in [-0.2, -0.15) is 10.2 Å². The van der Waals surface area contributed by atoms with E-state index in [1.54, 1.807) is 11.0 Å². The molecule has 2 aromatic heterocycles. The van der Waals surface area contributed by atoms with Crippen LogP contribution in [0.2, 0.25) is 0 Å². The minimum Gasteiger partial charge on any atom is -0.363 e. The molecule has 0 amide bonds. The molecular weight excluding hydrogens is 264 g/mol. The molecule has 0 aliphatic heterocycles. The van der Waals surface area contributed by atoms with Crippen molar-refractivity contribution in [2.45, 2.75) is 13.5 Å². The van der Waals surface area contributed by atoms with Crippen molar-refractivity contribution < 1.29 is 0 Å². The molecule has 0 saturated carbocycles. The SMILES string of the molecule is Cc1ccccc1-c1cc(NCc2ncnn2C)n(C)n1. The van der Waals surface area contributed by atoms with Crippen LogP contribution >= 0.6 is 0 Å². The van der Waals surface area contributed by atoms with Gasteiger partial charge in [-0.05, 0) is 12.5 Å². The third-order valence-corrected chi connectivity index (χ3v) is 3.53. The Morgan fingerprint density at radius 1 is 1.14 bits per heavy atom. The van der Waals surface area contributed by atoms with Crippen LogP contribution in [0.25, 0.3) is 11.3 Å². The number of aryl methyl sites for hydroxylation is 3. The molecule has 0 radical (unpaired) electrons. The highest BCUT2D eigenvalue weighted by Gasteiger charge is 2.09. The highest BCUT2D eigenvalue weighted by molar-refractivity contribution is 5.66. The molecule has 2 heterocycles. The summed E-state index contributed by atoms with van der Waals surface area (Å²) in [5.41, 5.74) is 3.34. The second-order valence-electron chi connectivity index (χ2n) is 5.01. The second-order valence-corrected chi connectivity index (χ2v) is 5.01. The predicted molar refractivity (Wildman–Crippen MR) is 81.7 cm³/mol. The molecule has 108 valence electrons. The van der Waals surface area contributed by atoms with E-state index in [1.807, 2.05) is 30.9 Å². The quantitative estimate of drug-likeness (QED) is 0.796. The van der Waals surface area contributed by atoms with Crippen LogP contribution in [0.5, 0.6) is 0 Å². The number of nitrogens with zero attached hydrogens (tertiary/aromatic N) is 5. The molecule has 3 rings (SSSR count). The van der Waals surface area contributed by atoms with Gasteiger partial charge in [-0.25, -0.2) is 4.98 Å². The maximum Gasteiger partial charge on any atom is 0.145 e. The molecule has 0 unspecified atom stereocenters. The van der Waals surface area contributed by atoms with Gasteiger partial charge in [-0.3, -0.25) is 9.36 Å². The molecule has 0 aliphatic rings. The molecule has 21 heavy (non-hydrogen) atoms. The lowest BCUT2D eigenvalue weighted by atomic mass is 10.1. The lowest BCUT2D eigenvalue weighted by molar-refractivity contribution is 0.705. The third kappa shape index (κ3) is 2.65. The van der Waals surface area contributed by atoms with Crippen molar-refractivity contribution in [2.75, 3.05) is 5.32 Å². The number of hydrogen-bond acceptors (Lipinski definition) is 4. The molecule has 0 aliphatic carbocycles. The Morgan fingerprint density at radius 3 is 2.67 bits per heavy atom. The van der Waals surface area contributed by atoms with Crippen molar-refractivity contribution in [1.82, 2.24) is 24.5 Å². The number of hydrogen-bond donors (Lipinski definition) is 1. The van der Waals surface area contributed by atoms with Crippen LogP contribution in [-0.4, -0.2) is 24.5 Å². The second kappa shape index (κ2) is 5.40. The Morgan fingerprint density at radius 2 is 1.95 bits per heavy atom. The monoisotopic (exact) mass is 282 g/mol. The van der Waals surface area contributed by atoms with Crippen molar-refractivity contribution in [1.29, 1.82) is 0 Å². The summed E-state index contributed by atoms with van der Waals surface area (Å²) < 4.78 is 3.60. The maximum atomic E-state index is 4.58. The molecule has 0 fully saturated rings. The Bertz CT molecular complexity index is 755. The van der Waals surface area contributed by atoms with Crippen LogP contribution in [0.1, 0.15) is 11.4 Å². The average Bonchev–Trinajstić information content (AvgIpc) is 3.03. The average molecular weight is 282 g/mol. The Balaban J connectivity index is 1.82. The van der Waals surface area contributed by atoms with Crippen LogP contribution in [0.4, 0.5) is 5.82 Å². The van der Waals surface area contributed by atoms with E-state index in [4.69, 9.17) is 0 Å². The first kappa shape index (κ1) is 13.4. The normalized spacial score (nSPS) is 10.8. The van der Waals surface area contributed by atoms with Gasteiger partial charge in [0, 0.05) is 25.7 Å². The standard InChI is InChI=1S/C15H18N6/c1-11-6-4-5-7-12(11)13-8-14(21(3)19-13)16-9-15-17-10-18-20(15)2/h4-8,10,16H,9H2,1-3H3. The molecule has 1 N–H and O–H groups in total. The van der Waals surface area contributed by atoms with Crippen molar-refractivity contribution in [3.05, 3.63) is 48.0 Å². The van der Waals surface area contributed by atoms with Crippen molar-refractivity contribution in [3.8, 4) is 11.3 Å². The molecule has 6 nitrogen and oxygen atoms in total. The van der Waals surface area contributed by atoms with Gasteiger partial charge in [0.05, 0.1) is 12.2 Å². The summed E-state index contributed by atoms with van der Waals surface area (Å²) in [5.74, 6) is 1.84. The molecule has 0 bridgehead atoms. The van der Waals surface area contributed by atoms with E-state index in [1.165, 1.54) is 5.56 Å². The van der Waals surface area contributed by atoms with Gasteiger partial charge in [0.25, 0.3) is 0 Å². The van der Waals surface area contributed by atoms with Gasteiger partial charge >= 0.3 is 0 Å². The molecular formula is C15H18N6. The Hall–Kier alpha value is -2.63. The number of aromatic nitrogens is 5. The fraction of sp³-hybridized carbons (Fsp3) is 0.267. The molecule has 3 aromatic rings. The van der Waals surface area contributed by atoms with E-state index >= 15 is 0 Å². The maximum absolute atomic E-state index is 4.58. The highest BCUT2D eigenvalue weighted by atomic mass is 15.3. The molecule has 0 atom stereocenters. The molecule has 0 spiro atoms. The van der Waals surface area contributed by atoms with Crippen LogP contribution < -0.4 is 5.32 Å². The van der Waals surface area contributed by atoms with E-state index in [0.29, 0.717) is 6.54 Å². The lowest BCUT2D eigenvalue weighted by Gasteiger charge is -2.04. The fourth-order valence-corrected chi connectivity index (χ4v) is 2.27. The highest BCUT2D eigenvalue weighted by Crippen LogP contribution is 2.24. The topological polar surface area (TPSA) is 60.6 Å². The zero-order valence-electron chi connectivity index (χ0n) is 12.4. The predicted octanol–water partition coefficient (Wildman–Crippen LogP) is 2.14. The smallest absolute Gasteiger partial charge is 0.145 e. The molecule has 0 saturated heterocycles. The number of anilines is 1. The summed E-state index contributed by atoms with van der Waals surface area (Å²) in [5, 5.41) is 12.0. The number of rotatable bonds is 4. The molecule has 6 heteroatoms. The van der Waals surface area contributed by atoms with Crippen LogP contribution in [0.15, 0.2) is 36.7 Å². The minimum absolute atomic E-state index is 0.614. The summed E-state index contributed by atoms with van der Waals surface area (Å²) in [6.45, 7) is 2.71. The Labute approximate surface area is 123 Å². The van der Waals surface area contributed by atoms with Gasteiger partial charge in [0.2, 0.25) is 0 Å². The summed E-state index contributed by atoms with van der Waals surface area (Å²) in [7, 11) is 3.81. The van der Waals surface area contributed by atoms with Crippen molar-refractivity contribution in [3.63, 3.8) is 0 Å². The van der Waals surface area contributed by atoms with Gasteiger partial charge in [0.1, 0.15) is 18.0 Å². The van der Waals surface area contributed by atoms with Gasteiger partial charge in [-0.1, -0.05) is 24.3 Å². The van der Waals surface area contributed by atoms with Crippen LogP contribution in [-0.2, 0) is 20.6 Å². The van der Waals surface area contributed by atoms with Crippen LogP contribution in [0, 0.1) is 6.92 Å². The summed E-state index contributed by atoms with van der Waals surface area (Å²) in [6.07, 6.45) is 1.55. The van der Waals surface area contributed by atoms with Gasteiger partial charge in [-0.15, -0.1) is 0 Å². The molecule has 1 aromatic carbocycles. The zero-order valence-corrected chi connectivity index (χ0v) is 12.4. The Kier molecular flexibility index (Phi) is 3.43. The van der Waals surface area contributed by atoms with E-state index < -0.39 is 0 Å². The van der Waals surface area contributed by atoms with E-state index in [0.717, 1.165) is 22.9 Å². The lowest BCUT2D eigenvalue weighted by Crippen LogP contribution is -2.09. The van der Waals surface area contributed by atoms with E-state index in [9.17, 15) is 0 Å². The van der Waals surface area contributed by atoms with E-state index in [-0.39, 0.29) is 0 Å². The summed E-state index contributed by atoms with van der Waals surface area (Å²) in [4.78, 5) is 4.20. The first-order valence-corrected chi connectivity index (χ1v) is 6.82. The van der Waals surface area contributed by atoms with Crippen molar-refractivity contribution in [2.24, 2.45) is 14.1 Å². The van der Waals surface area contributed by atoms with Gasteiger partial charge in [0.15, 0.2) is 0 Å². The zero-order chi connectivity index (χ0) is 14.8. The van der Waals surface area contributed by atoms with Gasteiger partial charge < -0.3 is 5.32 Å². The minimum atomic E-state index is 0.614. The largest absolute Gasteiger partial charge is 0.363 e. The number of benzene rings is 1. The summed E-state index contributed by atoms with van der Waals surface area (Å²) in [6, 6.07) is 10.3. The fourth-order valence-electron chi connectivity index (χ4n) is 2.27. The third-order valence-electron chi connectivity index (χ3n) is 3.53. The van der Waals surface area contributed by atoms with Crippen LogP contribution in [0.3, 0.4) is 0 Å². The summed E-state index contributed by atoms with van der Waals surface area (Å²) >= 11 is 0. The first-order chi connectivity index (χ1) is 10.1. The first-order valence-electron chi connectivity index (χ1n) is 6.82. The van der Waals surface area contributed by atoms with Crippen molar-refractivity contribution >= 4 is 5.82 Å².